The molecule has 3 rings (SSSR count). The number of hydrogen-bond acceptors (Lipinski definition) is 5. The van der Waals surface area contributed by atoms with Crippen LogP contribution in [0.1, 0.15) is 5.56 Å². The molecule has 0 spiro atoms. The maximum Gasteiger partial charge on any atom is 0.262 e. The zero-order chi connectivity index (χ0) is 13.4. The zero-order valence-electron chi connectivity index (χ0n) is 9.92. The Balaban J connectivity index is 2.06. The van der Waals surface area contributed by atoms with Crippen LogP contribution in [-0.2, 0) is 0 Å². The first kappa shape index (κ1) is 11.8. The van der Waals surface area contributed by atoms with Crippen LogP contribution < -0.4 is 0 Å². The van der Waals surface area contributed by atoms with Gasteiger partial charge in [0.2, 0.25) is 5.82 Å². The molecule has 5 nitrogen and oxygen atoms in total. The number of hydrogen-bond donors (Lipinski definition) is 1. The van der Waals surface area contributed by atoms with E-state index in [1.54, 1.807) is 18.4 Å². The van der Waals surface area contributed by atoms with E-state index in [1.807, 2.05) is 13.0 Å². The molecule has 0 aliphatic carbocycles. The van der Waals surface area contributed by atoms with E-state index in [1.165, 1.54) is 6.07 Å². The number of phenolic OH excluding ortho intramolecular Hbond substituents is 1. The summed E-state index contributed by atoms with van der Waals surface area (Å²) in [6.45, 7) is 1.88. The van der Waals surface area contributed by atoms with Gasteiger partial charge < -0.3 is 14.0 Å². The van der Waals surface area contributed by atoms with Gasteiger partial charge in [-0.15, -0.1) is 0 Å². The summed E-state index contributed by atoms with van der Waals surface area (Å²) in [5.41, 5.74) is 1.29. The number of phenols is 1. The van der Waals surface area contributed by atoms with Crippen molar-refractivity contribution >= 4 is 11.6 Å². The smallest absolute Gasteiger partial charge is 0.262 e. The van der Waals surface area contributed by atoms with Gasteiger partial charge in [0.15, 0.2) is 5.76 Å². The highest BCUT2D eigenvalue weighted by Crippen LogP contribution is 2.32. The fourth-order valence-electron chi connectivity index (χ4n) is 1.71. The van der Waals surface area contributed by atoms with Crippen molar-refractivity contribution in [3.63, 3.8) is 0 Å². The van der Waals surface area contributed by atoms with Gasteiger partial charge in [-0.05, 0) is 36.8 Å². The molecule has 0 aliphatic rings. The number of aromatic hydroxyl groups is 1. The van der Waals surface area contributed by atoms with E-state index in [2.05, 4.69) is 10.1 Å². The molecule has 2 aromatic heterocycles. The average Bonchev–Trinajstić information content (AvgIpc) is 3.00. The zero-order valence-corrected chi connectivity index (χ0v) is 10.7. The standard InChI is InChI=1S/C13H9ClN2O3/c1-7-4-5-18-11(7)12-15-13(19-16-12)9-6-8(14)2-3-10(9)17/h2-6,17H,1H3. The van der Waals surface area contributed by atoms with Gasteiger partial charge in [0.25, 0.3) is 5.89 Å². The Labute approximate surface area is 113 Å². The molecule has 96 valence electrons. The second-order valence-corrected chi connectivity index (χ2v) is 4.45. The lowest BCUT2D eigenvalue weighted by Crippen LogP contribution is -1.82. The SMILES string of the molecule is Cc1ccoc1-c1noc(-c2cc(Cl)ccc2O)n1. The summed E-state index contributed by atoms with van der Waals surface area (Å²) in [7, 11) is 0. The van der Waals surface area contributed by atoms with Crippen molar-refractivity contribution in [2.75, 3.05) is 0 Å². The van der Waals surface area contributed by atoms with Crippen LogP contribution in [0.25, 0.3) is 23.0 Å². The van der Waals surface area contributed by atoms with E-state index in [4.69, 9.17) is 20.5 Å². The van der Waals surface area contributed by atoms with Crippen molar-refractivity contribution in [2.45, 2.75) is 6.92 Å². The van der Waals surface area contributed by atoms with Gasteiger partial charge in [-0.1, -0.05) is 16.8 Å². The van der Waals surface area contributed by atoms with Crippen molar-refractivity contribution in [3.8, 4) is 28.8 Å². The Kier molecular flexibility index (Phi) is 2.76. The predicted molar refractivity (Wildman–Crippen MR) is 68.8 cm³/mol. The fraction of sp³-hybridized carbons (Fsp3) is 0.0769. The third-order valence-electron chi connectivity index (χ3n) is 2.68. The number of aryl methyl sites for hydroxylation is 1. The minimum absolute atomic E-state index is 0.0239. The van der Waals surface area contributed by atoms with Crippen molar-refractivity contribution in [3.05, 3.63) is 41.1 Å². The minimum Gasteiger partial charge on any atom is -0.507 e. The van der Waals surface area contributed by atoms with Crippen molar-refractivity contribution in [1.29, 1.82) is 0 Å². The van der Waals surface area contributed by atoms with E-state index in [-0.39, 0.29) is 11.6 Å². The van der Waals surface area contributed by atoms with Gasteiger partial charge in [0.1, 0.15) is 5.75 Å². The fourth-order valence-corrected chi connectivity index (χ4v) is 1.88. The molecule has 0 saturated heterocycles. The van der Waals surface area contributed by atoms with Crippen molar-refractivity contribution < 1.29 is 14.0 Å². The molecule has 0 bridgehead atoms. The van der Waals surface area contributed by atoms with E-state index in [0.29, 0.717) is 22.2 Å². The van der Waals surface area contributed by atoms with Gasteiger partial charge in [-0.2, -0.15) is 4.98 Å². The van der Waals surface area contributed by atoms with E-state index >= 15 is 0 Å². The van der Waals surface area contributed by atoms with Gasteiger partial charge >= 0.3 is 0 Å². The molecule has 19 heavy (non-hydrogen) atoms. The quantitative estimate of drug-likeness (QED) is 0.773. The predicted octanol–water partition coefficient (Wildman–Crippen LogP) is 3.66. The summed E-state index contributed by atoms with van der Waals surface area (Å²) in [6.07, 6.45) is 1.55. The van der Waals surface area contributed by atoms with Gasteiger partial charge in [0, 0.05) is 5.02 Å². The Morgan fingerprint density at radius 3 is 2.84 bits per heavy atom. The molecular weight excluding hydrogens is 268 g/mol. The van der Waals surface area contributed by atoms with Crippen LogP contribution in [0.4, 0.5) is 0 Å². The monoisotopic (exact) mass is 276 g/mol. The van der Waals surface area contributed by atoms with Crippen LogP contribution in [0.5, 0.6) is 5.75 Å². The van der Waals surface area contributed by atoms with Crippen LogP contribution in [0.2, 0.25) is 5.02 Å². The summed E-state index contributed by atoms with van der Waals surface area (Å²) in [5, 5.41) is 14.1. The maximum absolute atomic E-state index is 9.77. The molecule has 2 heterocycles. The third-order valence-corrected chi connectivity index (χ3v) is 2.92. The number of rotatable bonds is 2. The largest absolute Gasteiger partial charge is 0.507 e. The molecule has 0 amide bonds. The highest BCUT2D eigenvalue weighted by molar-refractivity contribution is 6.30. The van der Waals surface area contributed by atoms with Crippen LogP contribution in [0.3, 0.4) is 0 Å². The molecule has 1 aromatic carbocycles. The molecule has 0 unspecified atom stereocenters. The summed E-state index contributed by atoms with van der Waals surface area (Å²) in [6, 6.07) is 6.42. The van der Waals surface area contributed by atoms with E-state index in [9.17, 15) is 5.11 Å². The first-order valence-electron chi connectivity index (χ1n) is 5.52. The first-order chi connectivity index (χ1) is 9.15. The van der Waals surface area contributed by atoms with Gasteiger partial charge in [-0.25, -0.2) is 0 Å². The molecule has 0 atom stereocenters. The summed E-state index contributed by atoms with van der Waals surface area (Å²) >= 11 is 5.88. The van der Waals surface area contributed by atoms with Gasteiger partial charge in [0.05, 0.1) is 11.8 Å². The molecule has 0 saturated carbocycles. The van der Waals surface area contributed by atoms with Gasteiger partial charge in [-0.3, -0.25) is 0 Å². The number of furan rings is 1. The number of halogens is 1. The van der Waals surface area contributed by atoms with Crippen LogP contribution in [-0.4, -0.2) is 15.2 Å². The minimum atomic E-state index is 0.0239. The van der Waals surface area contributed by atoms with Crippen molar-refractivity contribution in [1.82, 2.24) is 10.1 Å². The molecule has 6 heteroatoms. The lowest BCUT2D eigenvalue weighted by molar-refractivity contribution is 0.423. The normalized spacial score (nSPS) is 10.8. The third kappa shape index (κ3) is 2.08. The Morgan fingerprint density at radius 1 is 1.26 bits per heavy atom. The molecular formula is C13H9ClN2O3. The first-order valence-corrected chi connectivity index (χ1v) is 5.90. The number of benzene rings is 1. The van der Waals surface area contributed by atoms with Crippen LogP contribution in [0.15, 0.2) is 39.5 Å². The second-order valence-electron chi connectivity index (χ2n) is 4.02. The number of nitrogens with zero attached hydrogens (tertiary/aromatic N) is 2. The summed E-state index contributed by atoms with van der Waals surface area (Å²) in [5.74, 6) is 1.08. The van der Waals surface area contributed by atoms with E-state index in [0.717, 1.165) is 5.56 Å². The van der Waals surface area contributed by atoms with Crippen LogP contribution >= 0.6 is 11.6 Å². The molecule has 0 fully saturated rings. The molecule has 1 N–H and O–H groups in total. The van der Waals surface area contributed by atoms with Crippen LogP contribution in [0, 0.1) is 6.92 Å². The highest BCUT2D eigenvalue weighted by atomic mass is 35.5. The molecule has 3 aromatic rings. The van der Waals surface area contributed by atoms with E-state index < -0.39 is 0 Å². The van der Waals surface area contributed by atoms with Crippen molar-refractivity contribution in [2.24, 2.45) is 0 Å². The Bertz CT molecular complexity index is 733. The average molecular weight is 277 g/mol. The maximum atomic E-state index is 9.77. The second kappa shape index (κ2) is 4.44. The highest BCUT2D eigenvalue weighted by Gasteiger charge is 2.17. The summed E-state index contributed by atoms with van der Waals surface area (Å²) < 4.78 is 10.4. The lowest BCUT2D eigenvalue weighted by Gasteiger charge is -1.98. The topological polar surface area (TPSA) is 72.3 Å². The Hall–Kier alpha value is -2.27. The Morgan fingerprint density at radius 2 is 2.11 bits per heavy atom. The lowest BCUT2D eigenvalue weighted by atomic mass is 10.2. The summed E-state index contributed by atoms with van der Waals surface area (Å²) in [4.78, 5) is 4.20. The molecule has 0 aliphatic heterocycles. The number of aromatic nitrogens is 2. The molecule has 0 radical (unpaired) electrons.